The number of ether oxygens (including phenoxy) is 2. The van der Waals surface area contributed by atoms with E-state index in [-0.39, 0.29) is 19.4 Å². The molecule has 0 aromatic rings. The van der Waals surface area contributed by atoms with Crippen molar-refractivity contribution in [1.29, 1.82) is 0 Å². The molecule has 0 amide bonds. The number of hydrogen-bond donors (Lipinski definition) is 2. The number of phosphoric ester groups is 1. The highest BCUT2D eigenvalue weighted by molar-refractivity contribution is 7.46. The summed E-state index contributed by atoms with van der Waals surface area (Å²) in [5, 5.41) is 0. The summed E-state index contributed by atoms with van der Waals surface area (Å²) in [6.45, 7) is 6.72. The zero-order valence-electron chi connectivity index (χ0n) is 18.1. The van der Waals surface area contributed by atoms with E-state index in [1.54, 1.807) is 0 Å². The molecule has 0 aliphatic heterocycles. The summed E-state index contributed by atoms with van der Waals surface area (Å²) in [4.78, 5) is 41.5. The molecular formula is C21H39O8P-2. The van der Waals surface area contributed by atoms with Crippen molar-refractivity contribution in [3.05, 3.63) is 13.8 Å². The molecule has 0 bridgehead atoms. The summed E-state index contributed by atoms with van der Waals surface area (Å²) in [6.07, 6.45) is 10.7. The molecule has 0 spiro atoms. The Balaban J connectivity index is 4.21. The van der Waals surface area contributed by atoms with Gasteiger partial charge in [0.2, 0.25) is 0 Å². The van der Waals surface area contributed by atoms with E-state index in [1.807, 2.05) is 0 Å². The molecule has 0 aliphatic rings. The predicted molar refractivity (Wildman–Crippen MR) is 114 cm³/mol. The Hall–Kier alpha value is -0.950. The van der Waals surface area contributed by atoms with Crippen LogP contribution in [0, 0.1) is 13.8 Å². The number of hydrogen-bond acceptors (Lipinski definition) is 6. The first-order chi connectivity index (χ1) is 14.3. The van der Waals surface area contributed by atoms with Gasteiger partial charge in [0.15, 0.2) is 6.10 Å². The number of unbranched alkanes of at least 4 members (excludes halogenated alkanes) is 10. The minimum Gasteiger partial charge on any atom is -0.462 e. The smallest absolute Gasteiger partial charge is 0.462 e. The third-order valence-corrected chi connectivity index (χ3v) is 4.90. The molecule has 0 radical (unpaired) electrons. The number of carbonyl (C=O) groups is 2. The van der Waals surface area contributed by atoms with Gasteiger partial charge in [-0.05, 0) is 12.8 Å². The first kappa shape index (κ1) is 29.1. The zero-order chi connectivity index (χ0) is 22.7. The van der Waals surface area contributed by atoms with Crippen LogP contribution in [0.1, 0.15) is 89.9 Å². The highest BCUT2D eigenvalue weighted by Gasteiger charge is 2.22. The Morgan fingerprint density at radius 3 is 1.70 bits per heavy atom. The maximum atomic E-state index is 12.0. The van der Waals surface area contributed by atoms with E-state index < -0.39 is 32.5 Å². The van der Waals surface area contributed by atoms with Gasteiger partial charge in [-0.25, -0.2) is 4.57 Å². The molecule has 0 saturated carbocycles. The lowest BCUT2D eigenvalue weighted by Gasteiger charge is -2.18. The van der Waals surface area contributed by atoms with Gasteiger partial charge in [-0.15, -0.1) is 0 Å². The van der Waals surface area contributed by atoms with Crippen LogP contribution in [0.2, 0.25) is 0 Å². The lowest BCUT2D eigenvalue weighted by molar-refractivity contribution is -0.161. The van der Waals surface area contributed by atoms with Crippen molar-refractivity contribution in [2.75, 3.05) is 13.2 Å². The molecule has 1 atom stereocenters. The second-order valence-electron chi connectivity index (χ2n) is 7.32. The summed E-state index contributed by atoms with van der Waals surface area (Å²) < 4.78 is 25.6. The Kier molecular flexibility index (Phi) is 18.2. The molecule has 0 fully saturated rings. The van der Waals surface area contributed by atoms with Crippen molar-refractivity contribution in [3.8, 4) is 0 Å². The number of rotatable bonds is 20. The van der Waals surface area contributed by atoms with Crippen molar-refractivity contribution < 1.29 is 37.9 Å². The maximum Gasteiger partial charge on any atom is 0.469 e. The first-order valence-corrected chi connectivity index (χ1v) is 12.4. The predicted octanol–water partition coefficient (Wildman–Crippen LogP) is 4.68. The van der Waals surface area contributed by atoms with Crippen LogP contribution >= 0.6 is 7.82 Å². The van der Waals surface area contributed by atoms with E-state index >= 15 is 0 Å². The third-order valence-electron chi connectivity index (χ3n) is 4.42. The summed E-state index contributed by atoms with van der Waals surface area (Å²) >= 11 is 0. The number of carbonyl (C=O) groups excluding carboxylic acids is 2. The van der Waals surface area contributed by atoms with E-state index in [2.05, 4.69) is 18.4 Å². The van der Waals surface area contributed by atoms with Gasteiger partial charge < -0.3 is 33.1 Å². The quantitative estimate of drug-likeness (QED) is 0.119. The van der Waals surface area contributed by atoms with Gasteiger partial charge in [0.1, 0.15) is 6.61 Å². The minimum atomic E-state index is -4.72. The fourth-order valence-electron chi connectivity index (χ4n) is 2.75. The zero-order valence-corrected chi connectivity index (χ0v) is 19.0. The SMILES string of the molecule is [CH2-]CCCCCCCC(=O)OC[C@H](COP(=O)(O)O)OC(=O)CCCCCCC[CH2-]. The molecule has 0 aliphatic carbocycles. The molecule has 2 N–H and O–H groups in total. The van der Waals surface area contributed by atoms with Gasteiger partial charge >= 0.3 is 19.8 Å². The van der Waals surface area contributed by atoms with Crippen LogP contribution in [0.25, 0.3) is 0 Å². The summed E-state index contributed by atoms with van der Waals surface area (Å²) in [6, 6.07) is 0. The summed E-state index contributed by atoms with van der Waals surface area (Å²) in [5.74, 6) is -0.942. The van der Waals surface area contributed by atoms with Gasteiger partial charge in [0, 0.05) is 12.8 Å². The Morgan fingerprint density at radius 2 is 1.20 bits per heavy atom. The maximum absolute atomic E-state index is 12.0. The Labute approximate surface area is 181 Å². The van der Waals surface area contributed by atoms with E-state index in [0.717, 1.165) is 64.2 Å². The molecule has 0 unspecified atom stereocenters. The topological polar surface area (TPSA) is 119 Å². The van der Waals surface area contributed by atoms with Gasteiger partial charge in [-0.1, -0.05) is 51.4 Å². The largest absolute Gasteiger partial charge is 0.469 e. The van der Waals surface area contributed by atoms with E-state index in [1.165, 1.54) is 0 Å². The molecule has 30 heavy (non-hydrogen) atoms. The normalized spacial score (nSPS) is 12.5. The van der Waals surface area contributed by atoms with Crippen LogP contribution in [0.3, 0.4) is 0 Å². The molecule has 0 heterocycles. The standard InChI is InChI=1S/C21H39O8P/c1-3-5-7-9-11-13-15-20(22)27-17-19(18-28-30(24,25)26)29-21(23)16-14-12-10-8-6-4-2/h19H,1-18H2,(H2,24,25,26)/q-2/t19-/m1/s1. The van der Waals surface area contributed by atoms with E-state index in [4.69, 9.17) is 19.3 Å². The van der Waals surface area contributed by atoms with E-state index in [9.17, 15) is 14.2 Å². The van der Waals surface area contributed by atoms with Crippen molar-refractivity contribution in [2.45, 2.75) is 96.0 Å². The molecule has 0 rings (SSSR count). The lowest BCUT2D eigenvalue weighted by atomic mass is 10.1. The molecule has 0 aromatic heterocycles. The van der Waals surface area contributed by atoms with Crippen LogP contribution < -0.4 is 0 Å². The van der Waals surface area contributed by atoms with Crippen molar-refractivity contribution >= 4 is 19.8 Å². The van der Waals surface area contributed by atoms with Crippen LogP contribution in [0.5, 0.6) is 0 Å². The molecule has 9 heteroatoms. The highest BCUT2D eigenvalue weighted by Crippen LogP contribution is 2.35. The average molecular weight is 451 g/mol. The summed E-state index contributed by atoms with van der Waals surface area (Å²) in [7, 11) is -4.72. The van der Waals surface area contributed by atoms with Gasteiger partial charge in [-0.3, -0.25) is 14.1 Å². The fourth-order valence-corrected chi connectivity index (χ4v) is 3.11. The number of esters is 2. The Morgan fingerprint density at radius 1 is 0.733 bits per heavy atom. The van der Waals surface area contributed by atoms with Crippen LogP contribution in [-0.2, 0) is 28.2 Å². The highest BCUT2D eigenvalue weighted by atomic mass is 31.2. The molecule has 178 valence electrons. The van der Waals surface area contributed by atoms with Crippen LogP contribution in [0.4, 0.5) is 0 Å². The van der Waals surface area contributed by atoms with Crippen molar-refractivity contribution in [1.82, 2.24) is 0 Å². The van der Waals surface area contributed by atoms with Gasteiger partial charge in [0.05, 0.1) is 6.61 Å². The molecule has 8 nitrogen and oxygen atoms in total. The Bertz CT molecular complexity index is 491. The van der Waals surface area contributed by atoms with Crippen LogP contribution in [-0.4, -0.2) is 41.0 Å². The first-order valence-electron chi connectivity index (χ1n) is 10.9. The molecular weight excluding hydrogens is 411 g/mol. The average Bonchev–Trinajstić information content (AvgIpc) is 2.68. The third kappa shape index (κ3) is 20.3. The minimum absolute atomic E-state index is 0.192. The summed E-state index contributed by atoms with van der Waals surface area (Å²) in [5.41, 5.74) is 0. The van der Waals surface area contributed by atoms with Crippen LogP contribution in [0.15, 0.2) is 0 Å². The molecule has 0 saturated heterocycles. The second kappa shape index (κ2) is 18.8. The van der Waals surface area contributed by atoms with Gasteiger partial charge in [0.25, 0.3) is 0 Å². The number of phosphoric acid groups is 1. The lowest BCUT2D eigenvalue weighted by Crippen LogP contribution is -2.29. The monoisotopic (exact) mass is 450 g/mol. The van der Waals surface area contributed by atoms with Crippen molar-refractivity contribution in [3.63, 3.8) is 0 Å². The fraction of sp³-hybridized carbons (Fsp3) is 0.810. The molecule has 0 aromatic carbocycles. The van der Waals surface area contributed by atoms with Gasteiger partial charge in [-0.2, -0.15) is 12.8 Å². The van der Waals surface area contributed by atoms with Crippen molar-refractivity contribution in [2.24, 2.45) is 0 Å². The van der Waals surface area contributed by atoms with E-state index in [0.29, 0.717) is 12.8 Å². The second-order valence-corrected chi connectivity index (χ2v) is 8.56.